The molecule has 0 bridgehead atoms. The lowest BCUT2D eigenvalue weighted by atomic mass is 10.0. The zero-order chi connectivity index (χ0) is 15.7. The predicted molar refractivity (Wildman–Crippen MR) is 79.9 cm³/mol. The summed E-state index contributed by atoms with van der Waals surface area (Å²) in [5.74, 6) is -0.642. The van der Waals surface area contributed by atoms with Gasteiger partial charge in [-0.15, -0.1) is 0 Å². The number of imidazole rings is 1. The molecular formula is C15H18N4O3. The van der Waals surface area contributed by atoms with E-state index in [1.54, 1.807) is 22.7 Å². The van der Waals surface area contributed by atoms with Gasteiger partial charge in [0.2, 0.25) is 5.91 Å². The Morgan fingerprint density at radius 3 is 2.95 bits per heavy atom. The number of rotatable bonds is 3. The van der Waals surface area contributed by atoms with E-state index in [-0.39, 0.29) is 19.0 Å². The van der Waals surface area contributed by atoms with Crippen molar-refractivity contribution in [1.29, 1.82) is 0 Å². The van der Waals surface area contributed by atoms with E-state index in [9.17, 15) is 9.59 Å². The van der Waals surface area contributed by atoms with Gasteiger partial charge in [-0.2, -0.15) is 0 Å². The smallest absolute Gasteiger partial charge is 0.251 e. The molecule has 116 valence electrons. The van der Waals surface area contributed by atoms with E-state index in [1.165, 1.54) is 0 Å². The minimum atomic E-state index is -1.12. The maximum Gasteiger partial charge on any atom is 0.251 e. The summed E-state index contributed by atoms with van der Waals surface area (Å²) in [6, 6.07) is 7.63. The molecule has 1 aromatic heterocycles. The van der Waals surface area contributed by atoms with Crippen LogP contribution < -0.4 is 5.73 Å². The minimum Gasteiger partial charge on any atom is -0.367 e. The topological polar surface area (TPSA) is 90.5 Å². The lowest BCUT2D eigenvalue weighted by Gasteiger charge is -2.38. The first-order valence-corrected chi connectivity index (χ1v) is 7.11. The van der Waals surface area contributed by atoms with Crippen molar-refractivity contribution in [3.63, 3.8) is 0 Å². The van der Waals surface area contributed by atoms with Gasteiger partial charge in [-0.25, -0.2) is 4.98 Å². The van der Waals surface area contributed by atoms with Gasteiger partial charge in [-0.3, -0.25) is 9.59 Å². The van der Waals surface area contributed by atoms with Crippen molar-refractivity contribution in [3.05, 3.63) is 30.6 Å². The number of amides is 2. The molecule has 7 nitrogen and oxygen atoms in total. The van der Waals surface area contributed by atoms with E-state index < -0.39 is 11.5 Å². The second-order valence-corrected chi connectivity index (χ2v) is 5.62. The fourth-order valence-corrected chi connectivity index (χ4v) is 2.61. The number of carbonyl (C=O) groups excluding carboxylic acids is 2. The van der Waals surface area contributed by atoms with Crippen molar-refractivity contribution in [2.75, 3.05) is 19.7 Å². The first kappa shape index (κ1) is 14.5. The van der Waals surface area contributed by atoms with Crippen LogP contribution in [0, 0.1) is 0 Å². The van der Waals surface area contributed by atoms with Gasteiger partial charge in [-0.05, 0) is 19.1 Å². The van der Waals surface area contributed by atoms with E-state index >= 15 is 0 Å². The number of nitrogens with two attached hydrogens (primary N) is 1. The number of nitrogens with zero attached hydrogens (tertiary/aromatic N) is 3. The van der Waals surface area contributed by atoms with Crippen LogP contribution in [0.15, 0.2) is 30.6 Å². The molecular weight excluding hydrogens is 284 g/mol. The van der Waals surface area contributed by atoms with Crippen molar-refractivity contribution in [2.24, 2.45) is 5.73 Å². The number of ether oxygens (including phenoxy) is 1. The van der Waals surface area contributed by atoms with Crippen LogP contribution in [0.5, 0.6) is 0 Å². The number of hydrogen-bond acceptors (Lipinski definition) is 4. The van der Waals surface area contributed by atoms with E-state index in [2.05, 4.69) is 4.98 Å². The number of benzene rings is 1. The highest BCUT2D eigenvalue weighted by Gasteiger charge is 2.39. The molecule has 7 heteroatoms. The Balaban J connectivity index is 1.76. The predicted octanol–water partition coefficient (Wildman–Crippen LogP) is 0.139. The third kappa shape index (κ3) is 2.55. The van der Waals surface area contributed by atoms with Crippen LogP contribution in [-0.4, -0.2) is 51.6 Å². The average Bonchev–Trinajstić information content (AvgIpc) is 2.90. The van der Waals surface area contributed by atoms with E-state index in [0.29, 0.717) is 13.2 Å². The van der Waals surface area contributed by atoms with Crippen LogP contribution in [0.3, 0.4) is 0 Å². The van der Waals surface area contributed by atoms with Crippen molar-refractivity contribution in [1.82, 2.24) is 14.5 Å². The van der Waals surface area contributed by atoms with Crippen LogP contribution in [0.4, 0.5) is 0 Å². The van der Waals surface area contributed by atoms with Gasteiger partial charge in [0.05, 0.1) is 30.5 Å². The summed E-state index contributed by atoms with van der Waals surface area (Å²) in [6.45, 7) is 2.72. The fourth-order valence-electron chi connectivity index (χ4n) is 2.61. The first-order chi connectivity index (χ1) is 10.5. The van der Waals surface area contributed by atoms with Gasteiger partial charge in [0.15, 0.2) is 5.60 Å². The van der Waals surface area contributed by atoms with Gasteiger partial charge >= 0.3 is 0 Å². The third-order valence-electron chi connectivity index (χ3n) is 3.98. The molecule has 1 unspecified atom stereocenters. The van der Waals surface area contributed by atoms with Crippen LogP contribution >= 0.6 is 0 Å². The van der Waals surface area contributed by atoms with E-state index in [4.69, 9.17) is 10.5 Å². The molecule has 2 aromatic rings. The standard InChI is InChI=1S/C15H18N4O3/c1-15(14(16)21)9-18(6-7-22-15)13(20)8-19-10-17-11-4-2-3-5-12(11)19/h2-5,10H,6-9H2,1H3,(H2,16,21). The molecule has 0 spiro atoms. The summed E-state index contributed by atoms with van der Waals surface area (Å²) in [5, 5.41) is 0. The van der Waals surface area contributed by atoms with Crippen LogP contribution in [0.1, 0.15) is 6.92 Å². The highest BCUT2D eigenvalue weighted by Crippen LogP contribution is 2.18. The van der Waals surface area contributed by atoms with Crippen molar-refractivity contribution < 1.29 is 14.3 Å². The Morgan fingerprint density at radius 2 is 2.18 bits per heavy atom. The maximum atomic E-state index is 12.5. The molecule has 2 heterocycles. The largest absolute Gasteiger partial charge is 0.367 e. The number of fused-ring (bicyclic) bond motifs is 1. The number of para-hydroxylation sites is 2. The lowest BCUT2D eigenvalue weighted by Crippen LogP contribution is -2.58. The molecule has 2 amide bonds. The maximum absolute atomic E-state index is 12.5. The lowest BCUT2D eigenvalue weighted by molar-refractivity contribution is -0.160. The molecule has 1 saturated heterocycles. The van der Waals surface area contributed by atoms with Crippen LogP contribution in [-0.2, 0) is 20.9 Å². The molecule has 0 radical (unpaired) electrons. The first-order valence-electron chi connectivity index (χ1n) is 7.11. The van der Waals surface area contributed by atoms with Crippen LogP contribution in [0.2, 0.25) is 0 Å². The summed E-state index contributed by atoms with van der Waals surface area (Å²) >= 11 is 0. The van der Waals surface area contributed by atoms with Gasteiger partial charge < -0.3 is 19.9 Å². The van der Waals surface area contributed by atoms with E-state index in [1.807, 2.05) is 24.3 Å². The summed E-state index contributed by atoms with van der Waals surface area (Å²) in [5.41, 5.74) is 5.99. The van der Waals surface area contributed by atoms with Gasteiger partial charge in [0.25, 0.3) is 5.91 Å². The molecule has 1 aliphatic rings. The summed E-state index contributed by atoms with van der Waals surface area (Å²) < 4.78 is 7.23. The number of primary amides is 1. The van der Waals surface area contributed by atoms with Crippen molar-refractivity contribution in [3.8, 4) is 0 Å². The zero-order valence-electron chi connectivity index (χ0n) is 12.4. The van der Waals surface area contributed by atoms with E-state index in [0.717, 1.165) is 11.0 Å². The quantitative estimate of drug-likeness (QED) is 0.873. The van der Waals surface area contributed by atoms with Crippen molar-refractivity contribution in [2.45, 2.75) is 19.1 Å². The molecule has 3 rings (SSSR count). The number of hydrogen-bond donors (Lipinski definition) is 1. The molecule has 0 saturated carbocycles. The summed E-state index contributed by atoms with van der Waals surface area (Å²) in [4.78, 5) is 29.9. The summed E-state index contributed by atoms with van der Waals surface area (Å²) in [6.07, 6.45) is 1.65. The number of carbonyl (C=O) groups is 2. The Bertz CT molecular complexity index is 726. The molecule has 1 aromatic carbocycles. The third-order valence-corrected chi connectivity index (χ3v) is 3.98. The van der Waals surface area contributed by atoms with Crippen LogP contribution in [0.25, 0.3) is 11.0 Å². The molecule has 22 heavy (non-hydrogen) atoms. The number of morpholine rings is 1. The Labute approximate surface area is 127 Å². The normalized spacial score (nSPS) is 22.0. The summed E-state index contributed by atoms with van der Waals surface area (Å²) in [7, 11) is 0. The highest BCUT2D eigenvalue weighted by atomic mass is 16.5. The zero-order valence-corrected chi connectivity index (χ0v) is 12.4. The van der Waals surface area contributed by atoms with Crippen molar-refractivity contribution >= 4 is 22.8 Å². The average molecular weight is 302 g/mol. The molecule has 2 N–H and O–H groups in total. The molecule has 1 fully saturated rings. The molecule has 1 atom stereocenters. The monoisotopic (exact) mass is 302 g/mol. The highest BCUT2D eigenvalue weighted by molar-refractivity contribution is 5.85. The Morgan fingerprint density at radius 1 is 1.41 bits per heavy atom. The number of aromatic nitrogens is 2. The minimum absolute atomic E-state index is 0.0843. The van der Waals surface area contributed by atoms with Gasteiger partial charge in [0.1, 0.15) is 6.54 Å². The molecule has 1 aliphatic heterocycles. The Hall–Kier alpha value is -2.41. The molecule has 0 aliphatic carbocycles. The van der Waals surface area contributed by atoms with Gasteiger partial charge in [0, 0.05) is 6.54 Å². The fraction of sp³-hybridized carbons (Fsp3) is 0.400. The second-order valence-electron chi connectivity index (χ2n) is 5.62. The second kappa shape index (κ2) is 5.42. The Kier molecular flexibility index (Phi) is 3.58. The SMILES string of the molecule is CC1(C(N)=O)CN(C(=O)Cn2cnc3ccccc32)CCO1. The van der Waals surface area contributed by atoms with Gasteiger partial charge in [-0.1, -0.05) is 12.1 Å².